The molecule has 7 nitrogen and oxygen atoms in total. The van der Waals surface area contributed by atoms with Gasteiger partial charge in [-0.3, -0.25) is 14.7 Å². The van der Waals surface area contributed by atoms with E-state index in [1.54, 1.807) is 49.7 Å². The minimum Gasteiger partial charge on any atom is -0.495 e. The fourth-order valence-corrected chi connectivity index (χ4v) is 3.90. The van der Waals surface area contributed by atoms with Crippen LogP contribution in [-0.2, 0) is 6.54 Å². The van der Waals surface area contributed by atoms with Gasteiger partial charge in [0.1, 0.15) is 21.7 Å². The summed E-state index contributed by atoms with van der Waals surface area (Å²) in [5.74, 6) is 1.24. The van der Waals surface area contributed by atoms with Gasteiger partial charge in [-0.15, -0.1) is 0 Å². The molecule has 0 spiro atoms. The number of methoxy groups -OCH3 is 2. The van der Waals surface area contributed by atoms with Crippen molar-refractivity contribution < 1.29 is 18.7 Å². The molecule has 0 fully saturated rings. The number of pyridine rings is 1. The van der Waals surface area contributed by atoms with Crippen LogP contribution in [0.2, 0.25) is 0 Å². The van der Waals surface area contributed by atoms with Gasteiger partial charge in [-0.1, -0.05) is 17.4 Å². The fourth-order valence-electron chi connectivity index (χ4n) is 2.82. The molecule has 0 atom stereocenters. The van der Waals surface area contributed by atoms with Crippen molar-refractivity contribution in [1.29, 1.82) is 0 Å². The van der Waals surface area contributed by atoms with Crippen LogP contribution in [0.25, 0.3) is 10.2 Å². The molecule has 0 aliphatic heterocycles. The molecule has 0 bridgehead atoms. The Kier molecular flexibility index (Phi) is 4.94. The highest BCUT2D eigenvalue weighted by molar-refractivity contribution is 7.22. The Morgan fingerprint density at radius 3 is 2.64 bits per heavy atom. The Bertz CT molecular complexity index is 1050. The number of nitrogens with zero attached hydrogens (tertiary/aromatic N) is 3. The number of anilines is 1. The lowest BCUT2D eigenvalue weighted by molar-refractivity contribution is 0.0958. The van der Waals surface area contributed by atoms with Crippen molar-refractivity contribution in [3.63, 3.8) is 0 Å². The smallest absolute Gasteiger partial charge is 0.296 e. The molecular weight excluding hydrogens is 378 g/mol. The first kappa shape index (κ1) is 18.0. The lowest BCUT2D eigenvalue weighted by atomic mass is 10.2. The van der Waals surface area contributed by atoms with Gasteiger partial charge in [-0.25, -0.2) is 4.98 Å². The van der Waals surface area contributed by atoms with Crippen molar-refractivity contribution in [3.8, 4) is 11.5 Å². The lowest BCUT2D eigenvalue weighted by Gasteiger charge is -2.18. The number of fused-ring (bicyclic) bond motifs is 1. The maximum atomic E-state index is 13.1. The third kappa shape index (κ3) is 3.29. The highest BCUT2D eigenvalue weighted by Gasteiger charge is 2.25. The van der Waals surface area contributed by atoms with Crippen LogP contribution in [0, 0.1) is 0 Å². The molecule has 0 saturated heterocycles. The Balaban J connectivity index is 1.83. The molecular formula is C20H17N3O4S. The largest absolute Gasteiger partial charge is 0.495 e. The van der Waals surface area contributed by atoms with Crippen LogP contribution in [-0.4, -0.2) is 30.1 Å². The molecule has 8 heteroatoms. The van der Waals surface area contributed by atoms with Crippen LogP contribution in [0.15, 0.2) is 59.5 Å². The summed E-state index contributed by atoms with van der Waals surface area (Å²) in [6.07, 6.45) is 4.88. The normalized spacial score (nSPS) is 10.8. The van der Waals surface area contributed by atoms with E-state index < -0.39 is 0 Å². The molecule has 0 unspecified atom stereocenters. The maximum Gasteiger partial charge on any atom is 0.296 e. The van der Waals surface area contributed by atoms with Gasteiger partial charge in [0.15, 0.2) is 10.9 Å². The van der Waals surface area contributed by atoms with Gasteiger partial charge in [-0.2, -0.15) is 0 Å². The van der Waals surface area contributed by atoms with Crippen LogP contribution in [0.4, 0.5) is 5.13 Å². The van der Waals surface area contributed by atoms with E-state index in [0.717, 1.165) is 10.3 Å². The van der Waals surface area contributed by atoms with Crippen molar-refractivity contribution in [2.75, 3.05) is 19.1 Å². The molecule has 1 amide bonds. The average Bonchev–Trinajstić information content (AvgIpc) is 3.41. The van der Waals surface area contributed by atoms with Crippen LogP contribution in [0.1, 0.15) is 16.1 Å². The number of aromatic nitrogens is 2. The van der Waals surface area contributed by atoms with Gasteiger partial charge >= 0.3 is 0 Å². The summed E-state index contributed by atoms with van der Waals surface area (Å²) in [4.78, 5) is 23.5. The van der Waals surface area contributed by atoms with Gasteiger partial charge in [0.05, 0.1) is 27.0 Å². The summed E-state index contributed by atoms with van der Waals surface area (Å²) >= 11 is 1.36. The molecule has 3 aromatic heterocycles. The van der Waals surface area contributed by atoms with Crippen LogP contribution < -0.4 is 14.4 Å². The van der Waals surface area contributed by atoms with Crippen molar-refractivity contribution in [3.05, 3.63) is 66.4 Å². The molecule has 0 aliphatic carbocycles. The average molecular weight is 395 g/mol. The quantitative estimate of drug-likeness (QED) is 0.488. The molecule has 0 radical (unpaired) electrons. The zero-order chi connectivity index (χ0) is 19.5. The van der Waals surface area contributed by atoms with Crippen LogP contribution in [0.5, 0.6) is 11.5 Å². The Labute approximate surface area is 165 Å². The van der Waals surface area contributed by atoms with E-state index in [2.05, 4.69) is 9.97 Å². The zero-order valence-electron chi connectivity index (χ0n) is 15.3. The molecule has 0 saturated carbocycles. The highest BCUT2D eigenvalue weighted by atomic mass is 32.1. The summed E-state index contributed by atoms with van der Waals surface area (Å²) in [5, 5.41) is 0.517. The standard InChI is InChI=1S/C20H17N3O4S/c1-25-14-7-8-15(26-2)18-17(14)22-20(28-18)23(12-13-5-3-9-21-11-13)19(24)16-6-4-10-27-16/h3-11H,12H2,1-2H3. The number of benzene rings is 1. The molecule has 0 N–H and O–H groups in total. The van der Waals surface area contributed by atoms with Crippen LogP contribution >= 0.6 is 11.3 Å². The molecule has 0 aliphatic rings. The monoisotopic (exact) mass is 395 g/mol. The van der Waals surface area contributed by atoms with Gasteiger partial charge < -0.3 is 13.9 Å². The van der Waals surface area contributed by atoms with E-state index in [4.69, 9.17) is 13.9 Å². The lowest BCUT2D eigenvalue weighted by Crippen LogP contribution is -2.30. The first-order valence-corrected chi connectivity index (χ1v) is 9.28. The molecule has 28 heavy (non-hydrogen) atoms. The van der Waals surface area contributed by atoms with Crippen molar-refractivity contribution in [2.24, 2.45) is 0 Å². The maximum absolute atomic E-state index is 13.1. The molecule has 3 heterocycles. The van der Waals surface area contributed by atoms with E-state index in [9.17, 15) is 4.79 Å². The number of carbonyl (C=O) groups is 1. The Morgan fingerprint density at radius 2 is 1.96 bits per heavy atom. The Morgan fingerprint density at radius 1 is 1.14 bits per heavy atom. The van der Waals surface area contributed by atoms with E-state index in [0.29, 0.717) is 28.7 Å². The number of hydrogen-bond donors (Lipinski definition) is 0. The number of carbonyl (C=O) groups excluding carboxylic acids is 1. The molecule has 4 rings (SSSR count). The second-order valence-electron chi connectivity index (χ2n) is 5.87. The van der Waals surface area contributed by atoms with E-state index in [1.165, 1.54) is 17.6 Å². The van der Waals surface area contributed by atoms with E-state index >= 15 is 0 Å². The number of furan rings is 1. The van der Waals surface area contributed by atoms with Crippen molar-refractivity contribution in [2.45, 2.75) is 6.54 Å². The summed E-state index contributed by atoms with van der Waals surface area (Å²) < 4.78 is 17.0. The van der Waals surface area contributed by atoms with E-state index in [-0.39, 0.29) is 11.7 Å². The zero-order valence-corrected chi connectivity index (χ0v) is 16.1. The Hall–Kier alpha value is -3.39. The van der Waals surface area contributed by atoms with Crippen molar-refractivity contribution >= 4 is 32.6 Å². The first-order chi connectivity index (χ1) is 13.7. The van der Waals surface area contributed by atoms with Gasteiger partial charge in [0.25, 0.3) is 5.91 Å². The minimum atomic E-state index is -0.286. The third-order valence-corrected chi connectivity index (χ3v) is 5.26. The fraction of sp³-hybridized carbons (Fsp3) is 0.150. The third-order valence-electron chi connectivity index (χ3n) is 4.17. The SMILES string of the molecule is COc1ccc(OC)c2sc(N(Cc3cccnc3)C(=O)c3ccco3)nc12. The molecule has 1 aromatic carbocycles. The van der Waals surface area contributed by atoms with Crippen molar-refractivity contribution in [1.82, 2.24) is 9.97 Å². The first-order valence-electron chi connectivity index (χ1n) is 8.47. The topological polar surface area (TPSA) is 77.7 Å². The number of rotatable bonds is 6. The molecule has 142 valence electrons. The number of thiazole rings is 1. The predicted molar refractivity (Wildman–Crippen MR) is 106 cm³/mol. The second kappa shape index (κ2) is 7.69. The number of hydrogen-bond acceptors (Lipinski definition) is 7. The minimum absolute atomic E-state index is 0.238. The number of ether oxygens (including phenoxy) is 2. The van der Waals surface area contributed by atoms with Crippen LogP contribution in [0.3, 0.4) is 0 Å². The van der Waals surface area contributed by atoms with Gasteiger partial charge in [-0.05, 0) is 35.9 Å². The number of amides is 1. The molecule has 4 aromatic rings. The summed E-state index contributed by atoms with van der Waals surface area (Å²) in [7, 11) is 3.18. The van der Waals surface area contributed by atoms with E-state index in [1.807, 2.05) is 18.2 Å². The highest BCUT2D eigenvalue weighted by Crippen LogP contribution is 2.40. The second-order valence-corrected chi connectivity index (χ2v) is 6.85. The summed E-state index contributed by atoms with van der Waals surface area (Å²) in [6.45, 7) is 0.303. The van der Waals surface area contributed by atoms with Gasteiger partial charge in [0, 0.05) is 12.4 Å². The summed E-state index contributed by atoms with van der Waals surface area (Å²) in [6, 6.07) is 10.7. The predicted octanol–water partition coefficient (Wildman–Crippen LogP) is 4.15. The summed E-state index contributed by atoms with van der Waals surface area (Å²) in [5.41, 5.74) is 1.52. The van der Waals surface area contributed by atoms with Gasteiger partial charge in [0.2, 0.25) is 0 Å².